The minimum atomic E-state index is -0.225. The van der Waals surface area contributed by atoms with E-state index in [-0.39, 0.29) is 24.2 Å². The maximum absolute atomic E-state index is 11.8. The van der Waals surface area contributed by atoms with Crippen LogP contribution in [0.2, 0.25) is 0 Å². The number of nitrogens with two attached hydrogens (primary N) is 1. The van der Waals surface area contributed by atoms with Crippen LogP contribution in [0.15, 0.2) is 24.3 Å². The van der Waals surface area contributed by atoms with E-state index in [1.54, 1.807) is 26.2 Å². The molecule has 1 aromatic carbocycles. The molecule has 0 aliphatic heterocycles. The van der Waals surface area contributed by atoms with Crippen LogP contribution >= 0.6 is 12.4 Å². The number of anilines is 1. The molecule has 1 atom stereocenters. The fraction of sp³-hybridized carbons (Fsp3) is 0.462. The fourth-order valence-electron chi connectivity index (χ4n) is 1.29. The number of rotatable bonds is 7. The Morgan fingerprint density at radius 2 is 2.05 bits per heavy atom. The van der Waals surface area contributed by atoms with Crippen molar-refractivity contribution in [1.82, 2.24) is 0 Å². The van der Waals surface area contributed by atoms with Gasteiger partial charge in [0.1, 0.15) is 12.4 Å². The molecular formula is C13H21ClN2O3. The lowest BCUT2D eigenvalue weighted by atomic mass is 10.1. The average Bonchev–Trinajstić information content (AvgIpc) is 2.40. The Morgan fingerprint density at radius 3 is 2.68 bits per heavy atom. The fourth-order valence-corrected chi connectivity index (χ4v) is 1.29. The zero-order chi connectivity index (χ0) is 13.4. The summed E-state index contributed by atoms with van der Waals surface area (Å²) in [4.78, 5) is 11.8. The van der Waals surface area contributed by atoms with E-state index in [4.69, 9.17) is 15.2 Å². The Kier molecular flexibility index (Phi) is 8.95. The van der Waals surface area contributed by atoms with E-state index < -0.39 is 0 Å². The molecule has 0 radical (unpaired) electrons. The monoisotopic (exact) mass is 288 g/mol. The highest BCUT2D eigenvalue weighted by Gasteiger charge is 2.13. The van der Waals surface area contributed by atoms with E-state index in [2.05, 4.69) is 5.32 Å². The number of amides is 1. The quantitative estimate of drug-likeness (QED) is 0.749. The van der Waals surface area contributed by atoms with Crippen molar-refractivity contribution in [1.29, 1.82) is 0 Å². The zero-order valence-corrected chi connectivity index (χ0v) is 12.0. The SMILES string of the molecule is COCCOc1ccccc1NC(=O)C(C)CN.Cl. The number of hydrogen-bond acceptors (Lipinski definition) is 4. The van der Waals surface area contributed by atoms with E-state index in [0.29, 0.717) is 31.2 Å². The van der Waals surface area contributed by atoms with E-state index in [1.165, 1.54) is 0 Å². The van der Waals surface area contributed by atoms with E-state index in [1.807, 2.05) is 12.1 Å². The molecule has 108 valence electrons. The normalized spacial score (nSPS) is 11.3. The van der Waals surface area contributed by atoms with Gasteiger partial charge in [-0.2, -0.15) is 0 Å². The van der Waals surface area contributed by atoms with Gasteiger partial charge in [0.2, 0.25) is 5.91 Å². The summed E-state index contributed by atoms with van der Waals surface area (Å²) in [5, 5.41) is 2.80. The Hall–Kier alpha value is -1.30. The summed E-state index contributed by atoms with van der Waals surface area (Å²) in [7, 11) is 1.61. The van der Waals surface area contributed by atoms with Crippen LogP contribution < -0.4 is 15.8 Å². The summed E-state index contributed by atoms with van der Waals surface area (Å²) < 4.78 is 10.4. The molecule has 0 fully saturated rings. The molecule has 3 N–H and O–H groups in total. The standard InChI is InChI=1S/C13H20N2O3.ClH/c1-10(9-14)13(16)15-11-5-3-4-6-12(11)18-8-7-17-2;/h3-6,10H,7-9,14H2,1-2H3,(H,15,16);1H. The lowest BCUT2D eigenvalue weighted by molar-refractivity contribution is -0.119. The first-order valence-corrected chi connectivity index (χ1v) is 5.90. The van der Waals surface area contributed by atoms with Gasteiger partial charge in [0.25, 0.3) is 0 Å². The maximum Gasteiger partial charge on any atom is 0.228 e. The lowest BCUT2D eigenvalue weighted by Gasteiger charge is -2.14. The Morgan fingerprint density at radius 1 is 1.37 bits per heavy atom. The first-order chi connectivity index (χ1) is 8.69. The first kappa shape index (κ1) is 17.7. The molecule has 1 rings (SSSR count). The van der Waals surface area contributed by atoms with Gasteiger partial charge >= 0.3 is 0 Å². The zero-order valence-electron chi connectivity index (χ0n) is 11.2. The summed E-state index contributed by atoms with van der Waals surface area (Å²) >= 11 is 0. The number of carbonyl (C=O) groups excluding carboxylic acids is 1. The van der Waals surface area contributed by atoms with E-state index in [9.17, 15) is 4.79 Å². The second-order valence-electron chi connectivity index (χ2n) is 3.96. The molecule has 0 aliphatic rings. The minimum Gasteiger partial charge on any atom is -0.489 e. The Bertz CT molecular complexity index is 388. The molecule has 6 heteroatoms. The van der Waals surface area contributed by atoms with Crippen molar-refractivity contribution in [2.75, 3.05) is 32.2 Å². The molecule has 0 spiro atoms. The van der Waals surface area contributed by atoms with Crippen LogP contribution in [0.3, 0.4) is 0 Å². The first-order valence-electron chi connectivity index (χ1n) is 5.90. The second kappa shape index (κ2) is 9.61. The molecular weight excluding hydrogens is 268 g/mol. The number of ether oxygens (including phenoxy) is 2. The molecule has 0 aromatic heterocycles. The van der Waals surface area contributed by atoms with Crippen LogP contribution in [0, 0.1) is 5.92 Å². The van der Waals surface area contributed by atoms with Crippen molar-refractivity contribution in [2.45, 2.75) is 6.92 Å². The van der Waals surface area contributed by atoms with Crippen molar-refractivity contribution in [3.63, 3.8) is 0 Å². The van der Waals surface area contributed by atoms with Gasteiger partial charge in [0, 0.05) is 19.6 Å². The van der Waals surface area contributed by atoms with Crippen molar-refractivity contribution >= 4 is 24.0 Å². The minimum absolute atomic E-state index is 0. The molecule has 0 aliphatic carbocycles. The largest absolute Gasteiger partial charge is 0.489 e. The van der Waals surface area contributed by atoms with Crippen LogP contribution in [0.4, 0.5) is 5.69 Å². The highest BCUT2D eigenvalue weighted by atomic mass is 35.5. The molecule has 0 heterocycles. The summed E-state index contributed by atoms with van der Waals surface area (Å²) in [5.41, 5.74) is 6.11. The highest BCUT2D eigenvalue weighted by Crippen LogP contribution is 2.24. The maximum atomic E-state index is 11.8. The predicted molar refractivity (Wildman–Crippen MR) is 77.9 cm³/mol. The molecule has 1 unspecified atom stereocenters. The number of nitrogens with one attached hydrogen (secondary N) is 1. The van der Waals surface area contributed by atoms with Crippen LogP contribution in [0.1, 0.15) is 6.92 Å². The third-order valence-corrected chi connectivity index (χ3v) is 2.49. The van der Waals surface area contributed by atoms with Crippen LogP contribution in [-0.2, 0) is 9.53 Å². The molecule has 0 saturated heterocycles. The second-order valence-corrected chi connectivity index (χ2v) is 3.96. The molecule has 0 saturated carbocycles. The Balaban J connectivity index is 0.00000324. The van der Waals surface area contributed by atoms with Gasteiger partial charge in [-0.25, -0.2) is 0 Å². The lowest BCUT2D eigenvalue weighted by Crippen LogP contribution is -2.26. The summed E-state index contributed by atoms with van der Waals surface area (Å²) in [6.07, 6.45) is 0. The van der Waals surface area contributed by atoms with Gasteiger partial charge in [0.05, 0.1) is 12.3 Å². The van der Waals surface area contributed by atoms with Crippen molar-refractivity contribution < 1.29 is 14.3 Å². The van der Waals surface area contributed by atoms with Crippen molar-refractivity contribution in [3.8, 4) is 5.75 Å². The molecule has 5 nitrogen and oxygen atoms in total. The average molecular weight is 289 g/mol. The van der Waals surface area contributed by atoms with Crippen molar-refractivity contribution in [2.24, 2.45) is 11.7 Å². The number of carbonyl (C=O) groups is 1. The van der Waals surface area contributed by atoms with E-state index in [0.717, 1.165) is 0 Å². The van der Waals surface area contributed by atoms with Gasteiger partial charge in [-0.1, -0.05) is 19.1 Å². The van der Waals surface area contributed by atoms with Crippen LogP contribution in [-0.4, -0.2) is 32.8 Å². The highest BCUT2D eigenvalue weighted by molar-refractivity contribution is 5.93. The molecule has 1 aromatic rings. The molecule has 1 amide bonds. The van der Waals surface area contributed by atoms with Gasteiger partial charge in [-0.05, 0) is 12.1 Å². The number of halogens is 1. The third kappa shape index (κ3) is 5.92. The van der Waals surface area contributed by atoms with Crippen LogP contribution in [0.25, 0.3) is 0 Å². The van der Waals surface area contributed by atoms with Gasteiger partial charge in [0.15, 0.2) is 0 Å². The third-order valence-electron chi connectivity index (χ3n) is 2.49. The van der Waals surface area contributed by atoms with Gasteiger partial charge in [-0.3, -0.25) is 4.79 Å². The smallest absolute Gasteiger partial charge is 0.228 e. The number of benzene rings is 1. The molecule has 19 heavy (non-hydrogen) atoms. The topological polar surface area (TPSA) is 73.6 Å². The number of hydrogen-bond donors (Lipinski definition) is 2. The number of para-hydroxylation sites is 2. The Labute approximate surface area is 119 Å². The van der Waals surface area contributed by atoms with Crippen molar-refractivity contribution in [3.05, 3.63) is 24.3 Å². The summed E-state index contributed by atoms with van der Waals surface area (Å²) in [6, 6.07) is 7.29. The predicted octanol–water partition coefficient (Wildman–Crippen LogP) is 1.67. The van der Waals surface area contributed by atoms with Gasteiger partial charge in [-0.15, -0.1) is 12.4 Å². The van der Waals surface area contributed by atoms with E-state index >= 15 is 0 Å². The van der Waals surface area contributed by atoms with Gasteiger partial charge < -0.3 is 20.5 Å². The molecule has 0 bridgehead atoms. The number of methoxy groups -OCH3 is 1. The summed E-state index contributed by atoms with van der Waals surface area (Å²) in [5.74, 6) is 0.296. The summed E-state index contributed by atoms with van der Waals surface area (Å²) in [6.45, 7) is 3.04. The van der Waals surface area contributed by atoms with Crippen LogP contribution in [0.5, 0.6) is 5.75 Å².